The molecule has 66 valence electrons. The van der Waals surface area contributed by atoms with Crippen molar-refractivity contribution in [3.05, 3.63) is 39.8 Å². The van der Waals surface area contributed by atoms with E-state index in [1.54, 1.807) is 18.2 Å². The normalized spacial score (nSPS) is 10.7. The second-order valence-electron chi connectivity index (χ2n) is 2.59. The van der Waals surface area contributed by atoms with E-state index in [0.717, 1.165) is 10.7 Å². The number of rotatable bonds is 0. The second kappa shape index (κ2) is 3.24. The maximum atomic E-state index is 13.2. The molecule has 2 rings (SSSR count). The smallest absolute Gasteiger partial charge is 0.149 e. The van der Waals surface area contributed by atoms with Crippen LogP contribution in [0.4, 0.5) is 4.39 Å². The van der Waals surface area contributed by atoms with E-state index in [0.29, 0.717) is 15.9 Å². The van der Waals surface area contributed by atoms with E-state index in [2.05, 4.69) is 20.9 Å². The van der Waals surface area contributed by atoms with Gasteiger partial charge in [-0.05, 0) is 12.1 Å². The fourth-order valence-electron chi connectivity index (χ4n) is 1.15. The van der Waals surface area contributed by atoms with E-state index >= 15 is 0 Å². The molecule has 1 aromatic heterocycles. The van der Waals surface area contributed by atoms with E-state index in [-0.39, 0.29) is 5.82 Å². The first kappa shape index (κ1) is 8.91. The molecule has 1 heterocycles. The average Bonchev–Trinajstić information content (AvgIpc) is 2.12. The fourth-order valence-corrected chi connectivity index (χ4v) is 1.71. The lowest BCUT2D eigenvalue weighted by Gasteiger charge is -2.00. The Hall–Kier alpha value is -0.670. The predicted octanol–water partition coefficient (Wildman–Crippen LogP) is 3.79. The first-order valence-electron chi connectivity index (χ1n) is 3.58. The Morgan fingerprint density at radius 1 is 1.31 bits per heavy atom. The number of fused-ring (bicyclic) bond motifs is 1. The van der Waals surface area contributed by atoms with Crippen molar-refractivity contribution in [3.8, 4) is 0 Å². The molecule has 0 saturated heterocycles. The monoisotopic (exact) mass is 259 g/mol. The molecule has 0 unspecified atom stereocenters. The van der Waals surface area contributed by atoms with E-state index < -0.39 is 0 Å². The Kier molecular flexibility index (Phi) is 2.22. The van der Waals surface area contributed by atoms with Gasteiger partial charge in [0.15, 0.2) is 0 Å². The highest BCUT2D eigenvalue weighted by molar-refractivity contribution is 9.10. The highest BCUT2D eigenvalue weighted by Gasteiger charge is 2.05. The van der Waals surface area contributed by atoms with Crippen molar-refractivity contribution in [1.29, 1.82) is 0 Å². The molecule has 4 heteroatoms. The summed E-state index contributed by atoms with van der Waals surface area (Å²) in [4.78, 5) is 3.72. The number of benzene rings is 1. The van der Waals surface area contributed by atoms with Crippen LogP contribution in [0.1, 0.15) is 0 Å². The van der Waals surface area contributed by atoms with Crippen molar-refractivity contribution in [2.75, 3.05) is 0 Å². The van der Waals surface area contributed by atoms with Gasteiger partial charge in [0, 0.05) is 15.2 Å². The van der Waals surface area contributed by atoms with Crippen LogP contribution in [-0.2, 0) is 0 Å². The predicted molar refractivity (Wildman–Crippen MR) is 54.4 cm³/mol. The average molecular weight is 260 g/mol. The minimum Gasteiger partial charge on any atom is -0.241 e. The molecule has 0 radical (unpaired) electrons. The van der Waals surface area contributed by atoms with Gasteiger partial charge in [0.05, 0.1) is 6.20 Å². The van der Waals surface area contributed by atoms with Gasteiger partial charge in [-0.2, -0.15) is 0 Å². The molecule has 13 heavy (non-hydrogen) atoms. The highest BCUT2D eigenvalue weighted by atomic mass is 79.9. The number of hydrogen-bond acceptors (Lipinski definition) is 1. The molecule has 0 atom stereocenters. The van der Waals surface area contributed by atoms with Gasteiger partial charge in [0.2, 0.25) is 0 Å². The molecule has 1 nitrogen and oxygen atoms in total. The van der Waals surface area contributed by atoms with Crippen LogP contribution in [0, 0.1) is 5.82 Å². The number of pyridine rings is 1. The van der Waals surface area contributed by atoms with Gasteiger partial charge in [-0.3, -0.25) is 0 Å². The van der Waals surface area contributed by atoms with Gasteiger partial charge in [-0.25, -0.2) is 9.37 Å². The summed E-state index contributed by atoms with van der Waals surface area (Å²) in [5.74, 6) is -0.355. The van der Waals surface area contributed by atoms with Gasteiger partial charge in [0.1, 0.15) is 11.0 Å². The molecule has 0 fully saturated rings. The summed E-state index contributed by atoms with van der Waals surface area (Å²) in [7, 11) is 0. The number of nitrogens with zero attached hydrogens (tertiary/aromatic N) is 1. The van der Waals surface area contributed by atoms with E-state index in [9.17, 15) is 4.39 Å². The highest BCUT2D eigenvalue weighted by Crippen LogP contribution is 2.26. The Balaban J connectivity index is 2.92. The van der Waals surface area contributed by atoms with Crippen LogP contribution in [0.2, 0.25) is 5.15 Å². The molecular formula is C9H4BrClFN. The summed E-state index contributed by atoms with van der Waals surface area (Å²) in [6, 6.07) is 5.18. The van der Waals surface area contributed by atoms with Crippen molar-refractivity contribution < 1.29 is 4.39 Å². The van der Waals surface area contributed by atoms with E-state index in [4.69, 9.17) is 11.6 Å². The topological polar surface area (TPSA) is 12.9 Å². The van der Waals surface area contributed by atoms with E-state index in [1.165, 1.54) is 0 Å². The van der Waals surface area contributed by atoms with Crippen molar-refractivity contribution in [2.45, 2.75) is 0 Å². The number of aromatic nitrogens is 1. The quantitative estimate of drug-likeness (QED) is 0.657. The summed E-state index contributed by atoms with van der Waals surface area (Å²) in [5, 5.41) is 1.43. The molecule has 0 N–H and O–H groups in total. The molecule has 0 amide bonds. The van der Waals surface area contributed by atoms with Crippen LogP contribution in [-0.4, -0.2) is 4.98 Å². The van der Waals surface area contributed by atoms with Crippen molar-refractivity contribution in [2.24, 2.45) is 0 Å². The van der Waals surface area contributed by atoms with E-state index in [1.807, 2.05) is 0 Å². The van der Waals surface area contributed by atoms with Crippen LogP contribution in [0.5, 0.6) is 0 Å². The summed E-state index contributed by atoms with van der Waals surface area (Å²) in [5.41, 5.74) is 0. The van der Waals surface area contributed by atoms with Crippen molar-refractivity contribution in [3.63, 3.8) is 0 Å². The van der Waals surface area contributed by atoms with Crippen LogP contribution < -0.4 is 0 Å². The number of halogens is 3. The van der Waals surface area contributed by atoms with Crippen LogP contribution >= 0.6 is 27.5 Å². The van der Waals surface area contributed by atoms with Crippen LogP contribution in [0.25, 0.3) is 10.8 Å². The zero-order valence-corrected chi connectivity index (χ0v) is 8.73. The zero-order valence-electron chi connectivity index (χ0n) is 6.39. The van der Waals surface area contributed by atoms with Gasteiger partial charge in [-0.15, -0.1) is 0 Å². The lowest BCUT2D eigenvalue weighted by atomic mass is 10.2. The van der Waals surface area contributed by atoms with Crippen LogP contribution in [0.15, 0.2) is 28.9 Å². The summed E-state index contributed by atoms with van der Waals surface area (Å²) in [6.07, 6.45) is 1.12. The molecule has 2 aromatic rings. The third-order valence-corrected chi connectivity index (χ3v) is 2.55. The van der Waals surface area contributed by atoms with Crippen molar-refractivity contribution >= 4 is 38.3 Å². The summed E-state index contributed by atoms with van der Waals surface area (Å²) >= 11 is 9.08. The fraction of sp³-hybridized carbons (Fsp3) is 0. The third kappa shape index (κ3) is 1.54. The SMILES string of the molecule is Fc1cnc(Cl)c2cc(Br)ccc12. The Bertz CT molecular complexity index is 472. The standard InChI is InChI=1S/C9H4BrClFN/c10-5-1-2-6-7(3-5)9(11)13-4-8(6)12/h1-4H. The molecule has 0 aliphatic carbocycles. The molecule has 0 spiro atoms. The molecule has 0 saturated carbocycles. The minimum absolute atomic E-state index is 0.317. The summed E-state index contributed by atoms with van der Waals surface area (Å²) in [6.45, 7) is 0. The first-order valence-corrected chi connectivity index (χ1v) is 4.75. The van der Waals surface area contributed by atoms with Crippen molar-refractivity contribution in [1.82, 2.24) is 4.98 Å². The summed E-state index contributed by atoms with van der Waals surface area (Å²) < 4.78 is 14.0. The molecular weight excluding hydrogens is 256 g/mol. The zero-order chi connectivity index (χ0) is 9.42. The Labute approximate surface area is 87.7 Å². The molecule has 0 aliphatic rings. The largest absolute Gasteiger partial charge is 0.241 e. The third-order valence-electron chi connectivity index (χ3n) is 1.75. The van der Waals surface area contributed by atoms with Gasteiger partial charge < -0.3 is 0 Å². The van der Waals surface area contributed by atoms with Gasteiger partial charge >= 0.3 is 0 Å². The maximum Gasteiger partial charge on any atom is 0.149 e. The maximum absolute atomic E-state index is 13.2. The van der Waals surface area contributed by atoms with Crippen LogP contribution in [0.3, 0.4) is 0 Å². The molecule has 1 aromatic carbocycles. The Morgan fingerprint density at radius 2 is 2.08 bits per heavy atom. The Morgan fingerprint density at radius 3 is 2.85 bits per heavy atom. The minimum atomic E-state index is -0.355. The lowest BCUT2D eigenvalue weighted by molar-refractivity contribution is 0.634. The first-order chi connectivity index (χ1) is 6.18. The molecule has 0 aliphatic heterocycles. The van der Waals surface area contributed by atoms with Gasteiger partial charge in [-0.1, -0.05) is 33.6 Å². The number of hydrogen-bond donors (Lipinski definition) is 0. The van der Waals surface area contributed by atoms with Gasteiger partial charge in [0.25, 0.3) is 0 Å². The second-order valence-corrected chi connectivity index (χ2v) is 3.86. The molecule has 0 bridgehead atoms. The lowest BCUT2D eigenvalue weighted by Crippen LogP contribution is -1.84.